The maximum atomic E-state index is 6.71. The van der Waals surface area contributed by atoms with E-state index in [9.17, 15) is 0 Å². The highest BCUT2D eigenvalue weighted by Crippen LogP contribution is 2.34. The van der Waals surface area contributed by atoms with Crippen LogP contribution in [0.25, 0.3) is 0 Å². The number of hydrogen-bond acceptors (Lipinski definition) is 7. The molecule has 4 aromatic carbocycles. The summed E-state index contributed by atoms with van der Waals surface area (Å²) in [7, 11) is 0. The van der Waals surface area contributed by atoms with Crippen molar-refractivity contribution in [2.45, 2.75) is 24.4 Å². The van der Waals surface area contributed by atoms with Gasteiger partial charge in [0.25, 0.3) is 0 Å². The minimum atomic E-state index is 0.233. The Morgan fingerprint density at radius 2 is 0.809 bits per heavy atom. The van der Waals surface area contributed by atoms with Crippen molar-refractivity contribution in [3.8, 4) is 35.2 Å². The van der Waals surface area contributed by atoms with Crippen LogP contribution < -0.4 is 14.5 Å². The Balaban J connectivity index is 1.15. The molecule has 0 radical (unpaired) electrons. The summed E-state index contributed by atoms with van der Waals surface area (Å²) in [6.45, 7) is 6.32. The molecule has 4 aliphatic heterocycles. The summed E-state index contributed by atoms with van der Waals surface area (Å²) in [5.41, 5.74) is 5.73. The second-order valence-corrected chi connectivity index (χ2v) is 12.4. The fraction of sp³-hybridized carbons (Fsp3) is 0.300. The van der Waals surface area contributed by atoms with Crippen LogP contribution in [0.4, 0.5) is 11.4 Å². The fourth-order valence-electron chi connectivity index (χ4n) is 5.51. The van der Waals surface area contributed by atoms with Crippen molar-refractivity contribution in [3.63, 3.8) is 0 Å². The molecule has 0 aliphatic carbocycles. The van der Waals surface area contributed by atoms with E-state index in [0.717, 1.165) is 86.2 Å². The molecular formula is C40H36N2O5. The zero-order valence-electron chi connectivity index (χ0n) is 26.1. The number of ether oxygens (including phenoxy) is 5. The Kier molecular flexibility index (Phi) is 8.53. The molecule has 7 nitrogen and oxygen atoms in total. The molecule has 0 aromatic heterocycles. The number of benzene rings is 4. The second-order valence-electron chi connectivity index (χ2n) is 12.4. The van der Waals surface area contributed by atoms with Crippen LogP contribution >= 0.6 is 0 Å². The van der Waals surface area contributed by atoms with Gasteiger partial charge in [-0.25, -0.2) is 0 Å². The van der Waals surface area contributed by atoms with Crippen LogP contribution in [0, 0.1) is 23.7 Å². The van der Waals surface area contributed by atoms with Crippen molar-refractivity contribution < 1.29 is 23.7 Å². The first-order valence-electron chi connectivity index (χ1n) is 16.3. The number of hydrogen-bond donors (Lipinski definition) is 0. The summed E-state index contributed by atoms with van der Waals surface area (Å²) in [4.78, 5) is 4.66. The van der Waals surface area contributed by atoms with E-state index in [4.69, 9.17) is 23.7 Å². The molecule has 0 amide bonds. The predicted octanol–water partition coefficient (Wildman–Crippen LogP) is 5.49. The maximum absolute atomic E-state index is 6.71. The Labute approximate surface area is 276 Å². The first kappa shape index (κ1) is 29.6. The van der Waals surface area contributed by atoms with Crippen molar-refractivity contribution >= 4 is 11.4 Å². The third kappa shape index (κ3) is 8.74. The summed E-state index contributed by atoms with van der Waals surface area (Å²) in [5.74, 6) is 14.8. The highest BCUT2D eigenvalue weighted by atomic mass is 16.6. The van der Waals surface area contributed by atoms with Crippen LogP contribution in [0.2, 0.25) is 0 Å². The van der Waals surface area contributed by atoms with Crippen LogP contribution in [-0.2, 0) is 18.9 Å². The van der Waals surface area contributed by atoms with Crippen molar-refractivity contribution in [1.82, 2.24) is 0 Å². The van der Waals surface area contributed by atoms with E-state index >= 15 is 0 Å². The van der Waals surface area contributed by atoms with Gasteiger partial charge in [-0.2, -0.15) is 0 Å². The van der Waals surface area contributed by atoms with Crippen LogP contribution in [0.1, 0.15) is 22.3 Å². The lowest BCUT2D eigenvalue weighted by Gasteiger charge is -2.25. The first-order chi connectivity index (χ1) is 23.2. The monoisotopic (exact) mass is 624 g/mol. The normalized spacial score (nSPS) is 21.4. The quantitative estimate of drug-likeness (QED) is 0.153. The molecule has 4 aliphatic rings. The molecule has 4 unspecified atom stereocenters. The van der Waals surface area contributed by atoms with Gasteiger partial charge in [-0.3, -0.25) is 0 Å². The molecular weight excluding hydrogens is 588 g/mol. The summed E-state index contributed by atoms with van der Waals surface area (Å²) < 4.78 is 29.2. The SMILES string of the molecule is C(#Cc1cc(Oc2cc(C#Cc3ccccc3)cc(N(CC3CO3)CC3CO3)c2)cc(N(CC2CO2)CC2CO2)c1)c1ccccc1. The zero-order chi connectivity index (χ0) is 31.4. The van der Waals surface area contributed by atoms with Gasteiger partial charge in [0, 0.05) is 71.9 Å². The maximum Gasteiger partial charge on any atom is 0.130 e. The minimum absolute atomic E-state index is 0.233. The van der Waals surface area contributed by atoms with E-state index < -0.39 is 0 Å². The molecule has 7 heteroatoms. The van der Waals surface area contributed by atoms with Crippen molar-refractivity contribution in [1.29, 1.82) is 0 Å². The third-order valence-electron chi connectivity index (χ3n) is 8.30. The lowest BCUT2D eigenvalue weighted by atomic mass is 10.1. The molecule has 4 heterocycles. The van der Waals surface area contributed by atoms with E-state index in [1.54, 1.807) is 0 Å². The van der Waals surface area contributed by atoms with Crippen LogP contribution in [0.15, 0.2) is 97.1 Å². The molecule has 0 spiro atoms. The van der Waals surface area contributed by atoms with Crippen LogP contribution in [0.3, 0.4) is 0 Å². The van der Waals surface area contributed by atoms with Gasteiger partial charge in [0.1, 0.15) is 11.5 Å². The Morgan fingerprint density at radius 1 is 0.468 bits per heavy atom. The van der Waals surface area contributed by atoms with E-state index in [-0.39, 0.29) is 24.4 Å². The number of epoxide rings is 4. The Bertz CT molecular complexity index is 1660. The van der Waals surface area contributed by atoms with Gasteiger partial charge >= 0.3 is 0 Å². The molecule has 4 fully saturated rings. The number of rotatable bonds is 12. The molecule has 4 atom stereocenters. The van der Waals surface area contributed by atoms with Gasteiger partial charge in [-0.1, -0.05) is 60.1 Å². The molecule has 236 valence electrons. The van der Waals surface area contributed by atoms with Crippen LogP contribution in [-0.4, -0.2) is 77.0 Å². The lowest BCUT2D eigenvalue weighted by Crippen LogP contribution is -2.31. The molecule has 4 aromatic rings. The second kappa shape index (κ2) is 13.5. The standard InChI is InChI=1S/C40H36N2O5/c1-3-7-29(8-4-1)11-13-31-15-33(41(21-37-25-43-37)22-38-26-44-38)19-35(17-31)47-36-18-32(14-12-30-9-5-2-6-10-30)16-34(20-36)42(23-39-27-45-39)24-40-28-46-40/h1-10,15-20,37-40H,21-28H2. The van der Waals surface area contributed by atoms with E-state index in [1.807, 2.05) is 72.8 Å². The van der Waals surface area contributed by atoms with Crippen LogP contribution in [0.5, 0.6) is 11.5 Å². The molecule has 4 saturated heterocycles. The third-order valence-corrected chi connectivity index (χ3v) is 8.30. The summed E-state index contributed by atoms with van der Waals surface area (Å²) in [6.07, 6.45) is 0.931. The summed E-state index contributed by atoms with van der Waals surface area (Å²) in [6, 6.07) is 32.5. The number of anilines is 2. The van der Waals surface area contributed by atoms with E-state index in [2.05, 4.69) is 57.7 Å². The fourth-order valence-corrected chi connectivity index (χ4v) is 5.51. The predicted molar refractivity (Wildman–Crippen MR) is 181 cm³/mol. The van der Waals surface area contributed by atoms with Gasteiger partial charge < -0.3 is 33.5 Å². The van der Waals surface area contributed by atoms with Crippen molar-refractivity contribution in [2.75, 3.05) is 62.4 Å². The molecule has 0 bridgehead atoms. The highest BCUT2D eigenvalue weighted by Gasteiger charge is 2.32. The zero-order valence-corrected chi connectivity index (χ0v) is 26.1. The van der Waals surface area contributed by atoms with Gasteiger partial charge in [0.2, 0.25) is 0 Å². The smallest absolute Gasteiger partial charge is 0.130 e. The lowest BCUT2D eigenvalue weighted by molar-refractivity contribution is 0.388. The first-order valence-corrected chi connectivity index (χ1v) is 16.3. The summed E-state index contributed by atoms with van der Waals surface area (Å²) >= 11 is 0. The van der Waals surface area contributed by atoms with Gasteiger partial charge in [-0.15, -0.1) is 0 Å². The van der Waals surface area contributed by atoms with Crippen molar-refractivity contribution in [3.05, 3.63) is 119 Å². The van der Waals surface area contributed by atoms with Gasteiger partial charge in [0.15, 0.2) is 0 Å². The van der Waals surface area contributed by atoms with Gasteiger partial charge in [0.05, 0.1) is 50.8 Å². The van der Waals surface area contributed by atoms with E-state index in [1.165, 1.54) is 0 Å². The molecule has 47 heavy (non-hydrogen) atoms. The van der Waals surface area contributed by atoms with Gasteiger partial charge in [-0.05, 0) is 48.5 Å². The Morgan fingerprint density at radius 3 is 1.15 bits per heavy atom. The summed E-state index contributed by atoms with van der Waals surface area (Å²) in [5, 5.41) is 0. The minimum Gasteiger partial charge on any atom is -0.457 e. The molecule has 0 N–H and O–H groups in total. The molecule has 8 rings (SSSR count). The van der Waals surface area contributed by atoms with E-state index in [0.29, 0.717) is 11.5 Å². The largest absolute Gasteiger partial charge is 0.457 e. The van der Waals surface area contributed by atoms with Crippen molar-refractivity contribution in [2.24, 2.45) is 0 Å². The highest BCUT2D eigenvalue weighted by molar-refractivity contribution is 5.62. The Hall–Kier alpha value is -4.76. The molecule has 0 saturated carbocycles. The average molecular weight is 625 g/mol. The number of nitrogens with zero attached hydrogens (tertiary/aromatic N) is 2. The topological polar surface area (TPSA) is 65.8 Å². The average Bonchev–Trinajstić information content (AvgIpc) is 3.90.